The van der Waals surface area contributed by atoms with Crippen LogP contribution in [-0.4, -0.2) is 22.9 Å². The van der Waals surface area contributed by atoms with Crippen molar-refractivity contribution in [3.8, 4) is 0 Å². The second-order valence-electron chi connectivity index (χ2n) is 12.5. The zero-order valence-corrected chi connectivity index (χ0v) is 19.9. The summed E-state index contributed by atoms with van der Waals surface area (Å²) in [6.07, 6.45) is 7.69. The summed E-state index contributed by atoms with van der Waals surface area (Å²) in [6.45, 7) is 8.82. The molecule has 5 fully saturated rings. The number of hydrogen-bond donors (Lipinski definition) is 0. The van der Waals surface area contributed by atoms with Crippen LogP contribution in [0, 0.1) is 11.8 Å². The van der Waals surface area contributed by atoms with Crippen molar-refractivity contribution in [2.24, 2.45) is 11.8 Å². The number of hydrogen-bond acceptors (Lipinski definition) is 2. The monoisotopic (exact) mass is 427 g/mol. The Kier molecular flexibility index (Phi) is 3.70. The Hall–Kier alpha value is -1.78. The minimum atomic E-state index is -0.263. The highest BCUT2D eigenvalue weighted by molar-refractivity contribution is 6.50. The molecule has 3 nitrogen and oxygen atoms in total. The maximum Gasteiger partial charge on any atom is 0.464 e. The Morgan fingerprint density at radius 2 is 1.25 bits per heavy atom. The summed E-state index contributed by atoms with van der Waals surface area (Å²) < 4.78 is 16.3. The molecule has 4 saturated carbocycles. The van der Waals surface area contributed by atoms with Gasteiger partial charge in [0.1, 0.15) is 0 Å². The summed E-state index contributed by atoms with van der Waals surface area (Å²) in [6, 6.07) is 18.1. The number of fused-ring (bicyclic) bond motifs is 3. The van der Waals surface area contributed by atoms with Gasteiger partial charge < -0.3 is 13.9 Å². The molecule has 2 atom stereocenters. The van der Waals surface area contributed by atoms with E-state index in [0.717, 1.165) is 11.8 Å². The van der Waals surface area contributed by atoms with E-state index in [1.165, 1.54) is 60.3 Å². The minimum Gasteiger partial charge on any atom is -0.403 e. The second kappa shape index (κ2) is 6.01. The molecule has 4 bridgehead atoms. The largest absolute Gasteiger partial charge is 0.464 e. The van der Waals surface area contributed by atoms with Crippen LogP contribution >= 0.6 is 0 Å². The fourth-order valence-corrected chi connectivity index (χ4v) is 8.35. The zero-order valence-electron chi connectivity index (χ0n) is 19.9. The second-order valence-corrected chi connectivity index (χ2v) is 12.5. The van der Waals surface area contributed by atoms with Gasteiger partial charge in [-0.3, -0.25) is 0 Å². The van der Waals surface area contributed by atoms with Gasteiger partial charge in [0.25, 0.3) is 0 Å². The fraction of sp³-hybridized carbons (Fsp3) is 0.571. The molecular weight excluding hydrogens is 393 g/mol. The van der Waals surface area contributed by atoms with Gasteiger partial charge >= 0.3 is 7.12 Å². The van der Waals surface area contributed by atoms with Crippen LogP contribution in [0.1, 0.15) is 66.2 Å². The summed E-state index contributed by atoms with van der Waals surface area (Å²) in [5.74, 6) is 1.55. The number of aromatic nitrogens is 1. The molecule has 1 saturated heterocycles. The molecule has 4 aliphatic carbocycles. The van der Waals surface area contributed by atoms with Crippen molar-refractivity contribution in [3.63, 3.8) is 0 Å². The molecule has 166 valence electrons. The van der Waals surface area contributed by atoms with Crippen molar-refractivity contribution in [2.75, 3.05) is 0 Å². The van der Waals surface area contributed by atoms with E-state index in [0.29, 0.717) is 0 Å². The first-order chi connectivity index (χ1) is 15.2. The molecule has 4 heteroatoms. The van der Waals surface area contributed by atoms with Gasteiger partial charge in [-0.05, 0) is 90.2 Å². The average Bonchev–Trinajstić information content (AvgIpc) is 3.18. The average molecular weight is 427 g/mol. The molecule has 1 aliphatic heterocycles. The third-order valence-corrected chi connectivity index (χ3v) is 9.88. The van der Waals surface area contributed by atoms with Crippen LogP contribution in [0.25, 0.3) is 21.8 Å². The van der Waals surface area contributed by atoms with Crippen LogP contribution in [0.15, 0.2) is 48.5 Å². The first-order valence-electron chi connectivity index (χ1n) is 12.6. The summed E-state index contributed by atoms with van der Waals surface area (Å²) in [5.41, 5.74) is 2.44. The first kappa shape index (κ1) is 19.7. The summed E-state index contributed by atoms with van der Waals surface area (Å²) in [7, 11) is -0.0918. The third kappa shape index (κ3) is 2.41. The van der Waals surface area contributed by atoms with Crippen molar-refractivity contribution in [1.82, 2.24) is 4.57 Å². The fourth-order valence-electron chi connectivity index (χ4n) is 8.35. The van der Waals surface area contributed by atoms with E-state index in [4.69, 9.17) is 9.31 Å². The third-order valence-electron chi connectivity index (χ3n) is 9.88. The maximum absolute atomic E-state index is 6.75. The Balaban J connectivity index is 1.41. The molecule has 1 aromatic heterocycles. The summed E-state index contributed by atoms with van der Waals surface area (Å²) in [4.78, 5) is 0. The van der Waals surface area contributed by atoms with Crippen LogP contribution in [0.5, 0.6) is 0 Å². The topological polar surface area (TPSA) is 23.4 Å². The lowest BCUT2D eigenvalue weighted by Gasteiger charge is -2.63. The van der Waals surface area contributed by atoms with Crippen molar-refractivity contribution in [1.29, 1.82) is 0 Å². The quantitative estimate of drug-likeness (QED) is 0.414. The van der Waals surface area contributed by atoms with Crippen molar-refractivity contribution >= 4 is 28.9 Å². The van der Waals surface area contributed by atoms with Crippen LogP contribution in [-0.2, 0) is 14.8 Å². The predicted molar refractivity (Wildman–Crippen MR) is 131 cm³/mol. The smallest absolute Gasteiger partial charge is 0.403 e. The molecular formula is C28H34BNO2. The Morgan fingerprint density at radius 1 is 0.750 bits per heavy atom. The van der Waals surface area contributed by atoms with Crippen molar-refractivity contribution in [2.45, 2.75) is 88.3 Å². The molecule has 0 radical (unpaired) electrons. The predicted octanol–water partition coefficient (Wildman–Crippen LogP) is 6.94. The molecule has 8 rings (SSSR count). The first-order valence-corrected chi connectivity index (χ1v) is 12.6. The van der Waals surface area contributed by atoms with E-state index in [2.05, 4.69) is 80.8 Å². The molecule has 2 unspecified atom stereocenters. The molecule has 5 aliphatic rings. The molecule has 3 aromatic rings. The number of nitrogens with zero attached hydrogens (tertiary/aromatic N) is 1. The van der Waals surface area contributed by atoms with E-state index in [1.807, 2.05) is 0 Å². The standard InChI is InChI=1S/C28H34BNO2/c1-25(2)26(3,4)32-29(31-25)27-14-19-13-20(15-27)17-28(16-19,18-27)30-23-11-7-5-9-21(23)22-10-6-8-12-24(22)30/h5-12,19-20H,13-18H2,1-4H3. The minimum absolute atomic E-state index is 0.0918. The molecule has 0 N–H and O–H groups in total. The maximum atomic E-state index is 6.75. The molecule has 2 heterocycles. The molecule has 0 spiro atoms. The van der Waals surface area contributed by atoms with E-state index in [-0.39, 0.29) is 29.2 Å². The highest BCUT2D eigenvalue weighted by Gasteiger charge is 2.68. The van der Waals surface area contributed by atoms with Crippen LogP contribution in [0.3, 0.4) is 0 Å². The van der Waals surface area contributed by atoms with E-state index >= 15 is 0 Å². The number of para-hydroxylation sites is 2. The molecule has 32 heavy (non-hydrogen) atoms. The highest BCUT2D eigenvalue weighted by Crippen LogP contribution is 2.70. The zero-order chi connectivity index (χ0) is 21.9. The SMILES string of the molecule is CC1(C)OB(C23CC4CC(C2)CC(n2c5ccccc5c5ccccc52)(C4)C3)OC1(C)C. The van der Waals surface area contributed by atoms with Crippen molar-refractivity contribution in [3.05, 3.63) is 48.5 Å². The Morgan fingerprint density at radius 3 is 1.78 bits per heavy atom. The summed E-state index contributed by atoms with van der Waals surface area (Å²) in [5, 5.41) is 2.91. The van der Waals surface area contributed by atoms with Crippen molar-refractivity contribution < 1.29 is 9.31 Å². The highest BCUT2D eigenvalue weighted by atomic mass is 16.7. The van der Waals surface area contributed by atoms with Gasteiger partial charge in [-0.1, -0.05) is 36.4 Å². The lowest BCUT2D eigenvalue weighted by Crippen LogP contribution is -2.58. The van der Waals surface area contributed by atoms with Crippen LogP contribution in [0.4, 0.5) is 0 Å². The lowest BCUT2D eigenvalue weighted by molar-refractivity contribution is -0.0435. The lowest BCUT2D eigenvalue weighted by atomic mass is 9.36. The summed E-state index contributed by atoms with van der Waals surface area (Å²) >= 11 is 0. The van der Waals surface area contributed by atoms with Gasteiger partial charge in [0, 0.05) is 32.7 Å². The van der Waals surface area contributed by atoms with E-state index < -0.39 is 0 Å². The van der Waals surface area contributed by atoms with Gasteiger partial charge in [-0.15, -0.1) is 0 Å². The molecule has 2 aromatic carbocycles. The van der Waals surface area contributed by atoms with Gasteiger partial charge in [0.2, 0.25) is 0 Å². The van der Waals surface area contributed by atoms with E-state index in [1.54, 1.807) is 0 Å². The number of rotatable bonds is 2. The van der Waals surface area contributed by atoms with Gasteiger partial charge in [-0.2, -0.15) is 0 Å². The van der Waals surface area contributed by atoms with Gasteiger partial charge in [0.15, 0.2) is 0 Å². The van der Waals surface area contributed by atoms with E-state index in [9.17, 15) is 0 Å². The Bertz CT molecular complexity index is 1160. The van der Waals surface area contributed by atoms with Gasteiger partial charge in [-0.25, -0.2) is 0 Å². The number of benzene rings is 2. The van der Waals surface area contributed by atoms with Gasteiger partial charge in [0.05, 0.1) is 11.2 Å². The normalized spacial score (nSPS) is 37.1. The van der Waals surface area contributed by atoms with Crippen LogP contribution in [0.2, 0.25) is 5.31 Å². The Labute approximate surface area is 191 Å². The molecule has 0 amide bonds. The van der Waals surface area contributed by atoms with Crippen LogP contribution < -0.4 is 0 Å².